The summed E-state index contributed by atoms with van der Waals surface area (Å²) in [6.07, 6.45) is 3.66. The van der Waals surface area contributed by atoms with E-state index < -0.39 is 0 Å². The van der Waals surface area contributed by atoms with Gasteiger partial charge in [-0.2, -0.15) is 5.10 Å². The molecule has 2 heterocycles. The van der Waals surface area contributed by atoms with E-state index in [1.54, 1.807) is 4.68 Å². The molecule has 29 heavy (non-hydrogen) atoms. The van der Waals surface area contributed by atoms with Gasteiger partial charge in [0.15, 0.2) is 0 Å². The number of nitrogens with zero attached hydrogens (tertiary/aromatic N) is 3. The average Bonchev–Trinajstić information content (AvgIpc) is 3.15. The summed E-state index contributed by atoms with van der Waals surface area (Å²) >= 11 is 0. The Morgan fingerprint density at radius 1 is 1.07 bits per heavy atom. The third-order valence-electron chi connectivity index (χ3n) is 6.05. The standard InChI is InChI=1S/C22H26N4O3/c1-14-20(15(2)26(24-14)16-8-4-3-5-9-16)23-19(27)12-13-25-21(28)17-10-6-7-11-18(17)22(25)29/h3-5,8-9,17-18H,6-7,10-13H2,1-2H3,(H,23,27). The molecular formula is C22H26N4O3. The van der Waals surface area contributed by atoms with Gasteiger partial charge in [0.1, 0.15) is 0 Å². The van der Waals surface area contributed by atoms with Crippen LogP contribution in [0.4, 0.5) is 5.69 Å². The molecule has 1 aromatic carbocycles. The number of imide groups is 1. The Bertz CT molecular complexity index is 926. The molecule has 7 nitrogen and oxygen atoms in total. The molecular weight excluding hydrogens is 368 g/mol. The van der Waals surface area contributed by atoms with Crippen molar-refractivity contribution in [2.24, 2.45) is 11.8 Å². The molecule has 4 rings (SSSR count). The van der Waals surface area contributed by atoms with E-state index in [1.807, 2.05) is 44.2 Å². The summed E-state index contributed by atoms with van der Waals surface area (Å²) < 4.78 is 1.79. The average molecular weight is 394 g/mol. The first-order chi connectivity index (χ1) is 14.0. The van der Waals surface area contributed by atoms with Crippen LogP contribution in [-0.2, 0) is 14.4 Å². The van der Waals surface area contributed by atoms with Gasteiger partial charge in [0.2, 0.25) is 17.7 Å². The summed E-state index contributed by atoms with van der Waals surface area (Å²) in [6.45, 7) is 3.89. The lowest BCUT2D eigenvalue weighted by Gasteiger charge is -2.19. The van der Waals surface area contributed by atoms with Gasteiger partial charge in [0.25, 0.3) is 0 Å². The summed E-state index contributed by atoms with van der Waals surface area (Å²) in [4.78, 5) is 38.9. The second-order valence-electron chi connectivity index (χ2n) is 7.92. The molecule has 1 saturated heterocycles. The van der Waals surface area contributed by atoms with Gasteiger partial charge >= 0.3 is 0 Å². The van der Waals surface area contributed by atoms with Crippen LogP contribution < -0.4 is 5.32 Å². The molecule has 1 aliphatic carbocycles. The highest BCUT2D eigenvalue weighted by Gasteiger charge is 2.47. The summed E-state index contributed by atoms with van der Waals surface area (Å²) in [5, 5.41) is 7.44. The van der Waals surface area contributed by atoms with Gasteiger partial charge in [-0.25, -0.2) is 4.68 Å². The maximum absolute atomic E-state index is 12.5. The number of nitrogens with one attached hydrogen (secondary N) is 1. The zero-order chi connectivity index (χ0) is 20.5. The molecule has 1 aliphatic heterocycles. The van der Waals surface area contributed by atoms with E-state index in [4.69, 9.17) is 0 Å². The number of hydrogen-bond acceptors (Lipinski definition) is 4. The minimum absolute atomic E-state index is 0.0896. The Hall–Kier alpha value is -2.96. The van der Waals surface area contributed by atoms with Crippen LogP contribution in [0.2, 0.25) is 0 Å². The number of aryl methyl sites for hydroxylation is 1. The number of carbonyl (C=O) groups is 3. The number of anilines is 1. The SMILES string of the molecule is Cc1nn(-c2ccccc2)c(C)c1NC(=O)CCN1C(=O)C2CCCCC2C1=O. The predicted molar refractivity (Wildman–Crippen MR) is 108 cm³/mol. The van der Waals surface area contributed by atoms with Gasteiger partial charge < -0.3 is 5.32 Å². The number of fused-ring (bicyclic) bond motifs is 1. The lowest BCUT2D eigenvalue weighted by molar-refractivity contribution is -0.140. The fourth-order valence-electron chi connectivity index (χ4n) is 4.51. The van der Waals surface area contributed by atoms with E-state index in [0.29, 0.717) is 5.69 Å². The number of carbonyl (C=O) groups excluding carboxylic acids is 3. The zero-order valence-corrected chi connectivity index (χ0v) is 16.9. The zero-order valence-electron chi connectivity index (χ0n) is 16.9. The molecule has 2 atom stereocenters. The number of rotatable bonds is 5. The number of amides is 3. The molecule has 1 N–H and O–H groups in total. The normalized spacial score (nSPS) is 21.4. The van der Waals surface area contributed by atoms with Crippen molar-refractivity contribution >= 4 is 23.4 Å². The molecule has 0 spiro atoms. The van der Waals surface area contributed by atoms with Crippen molar-refractivity contribution in [3.63, 3.8) is 0 Å². The van der Waals surface area contributed by atoms with Crippen LogP contribution in [0.15, 0.2) is 30.3 Å². The monoisotopic (exact) mass is 394 g/mol. The maximum atomic E-state index is 12.5. The van der Waals surface area contributed by atoms with Crippen molar-refractivity contribution in [3.8, 4) is 5.69 Å². The molecule has 1 aromatic heterocycles. The Kier molecular flexibility index (Phi) is 5.22. The van der Waals surface area contributed by atoms with Crippen molar-refractivity contribution in [1.29, 1.82) is 0 Å². The van der Waals surface area contributed by atoms with Crippen LogP contribution in [-0.4, -0.2) is 38.9 Å². The molecule has 2 fully saturated rings. The van der Waals surface area contributed by atoms with Crippen LogP contribution in [0.25, 0.3) is 5.69 Å². The maximum Gasteiger partial charge on any atom is 0.233 e. The third kappa shape index (κ3) is 3.57. The van der Waals surface area contributed by atoms with Crippen molar-refractivity contribution in [2.45, 2.75) is 46.0 Å². The minimum atomic E-state index is -0.223. The highest BCUT2D eigenvalue weighted by Crippen LogP contribution is 2.38. The first kappa shape index (κ1) is 19.4. The second-order valence-corrected chi connectivity index (χ2v) is 7.92. The van der Waals surface area contributed by atoms with E-state index in [2.05, 4.69) is 10.4 Å². The van der Waals surface area contributed by atoms with E-state index >= 15 is 0 Å². The van der Waals surface area contributed by atoms with Gasteiger partial charge in [0.05, 0.1) is 34.6 Å². The predicted octanol–water partition coefficient (Wildman–Crippen LogP) is 2.99. The Labute approximate surface area is 170 Å². The fourth-order valence-corrected chi connectivity index (χ4v) is 4.51. The largest absolute Gasteiger partial charge is 0.323 e. The van der Waals surface area contributed by atoms with Gasteiger partial charge in [-0.3, -0.25) is 19.3 Å². The van der Waals surface area contributed by atoms with Crippen LogP contribution >= 0.6 is 0 Å². The highest BCUT2D eigenvalue weighted by molar-refractivity contribution is 6.05. The van der Waals surface area contributed by atoms with Crippen LogP contribution in [0.5, 0.6) is 0 Å². The molecule has 0 bridgehead atoms. The third-order valence-corrected chi connectivity index (χ3v) is 6.05. The lowest BCUT2D eigenvalue weighted by Crippen LogP contribution is -2.34. The minimum Gasteiger partial charge on any atom is -0.323 e. The molecule has 2 unspecified atom stereocenters. The molecule has 3 amide bonds. The Morgan fingerprint density at radius 2 is 1.69 bits per heavy atom. The number of para-hydroxylation sites is 1. The molecule has 2 aromatic rings. The Morgan fingerprint density at radius 3 is 2.31 bits per heavy atom. The van der Waals surface area contributed by atoms with Gasteiger partial charge in [-0.1, -0.05) is 31.0 Å². The van der Waals surface area contributed by atoms with Crippen LogP contribution in [0, 0.1) is 25.7 Å². The van der Waals surface area contributed by atoms with Crippen molar-refractivity contribution in [1.82, 2.24) is 14.7 Å². The Balaban J connectivity index is 1.41. The van der Waals surface area contributed by atoms with Crippen molar-refractivity contribution in [2.75, 3.05) is 11.9 Å². The molecule has 152 valence electrons. The summed E-state index contributed by atoms with van der Waals surface area (Å²) in [6, 6.07) is 9.72. The van der Waals surface area contributed by atoms with Crippen LogP contribution in [0.1, 0.15) is 43.5 Å². The van der Waals surface area contributed by atoms with Crippen LogP contribution in [0.3, 0.4) is 0 Å². The van der Waals surface area contributed by atoms with Crippen molar-refractivity contribution < 1.29 is 14.4 Å². The van der Waals surface area contributed by atoms with E-state index in [1.165, 1.54) is 4.90 Å². The fraction of sp³-hybridized carbons (Fsp3) is 0.455. The lowest BCUT2D eigenvalue weighted by atomic mass is 9.81. The summed E-state index contributed by atoms with van der Waals surface area (Å²) in [7, 11) is 0. The topological polar surface area (TPSA) is 84.3 Å². The quantitative estimate of drug-likeness (QED) is 0.790. The molecule has 0 radical (unpaired) electrons. The molecule has 2 aliphatic rings. The summed E-state index contributed by atoms with van der Waals surface area (Å²) in [5.41, 5.74) is 3.15. The number of aromatic nitrogens is 2. The van der Waals surface area contributed by atoms with E-state index in [0.717, 1.165) is 42.8 Å². The molecule has 1 saturated carbocycles. The second kappa shape index (κ2) is 7.81. The first-order valence-electron chi connectivity index (χ1n) is 10.2. The summed E-state index contributed by atoms with van der Waals surface area (Å²) in [5.74, 6) is -0.770. The molecule has 7 heteroatoms. The van der Waals surface area contributed by atoms with Gasteiger partial charge in [0, 0.05) is 13.0 Å². The number of hydrogen-bond donors (Lipinski definition) is 1. The van der Waals surface area contributed by atoms with Gasteiger partial charge in [-0.15, -0.1) is 0 Å². The smallest absolute Gasteiger partial charge is 0.233 e. The number of benzene rings is 1. The number of likely N-dealkylation sites (tertiary alicyclic amines) is 1. The van der Waals surface area contributed by atoms with Gasteiger partial charge in [-0.05, 0) is 38.8 Å². The highest BCUT2D eigenvalue weighted by atomic mass is 16.2. The van der Waals surface area contributed by atoms with Crippen molar-refractivity contribution in [3.05, 3.63) is 41.7 Å². The first-order valence-corrected chi connectivity index (χ1v) is 10.2. The van der Waals surface area contributed by atoms with E-state index in [9.17, 15) is 14.4 Å². The van der Waals surface area contributed by atoms with E-state index in [-0.39, 0.29) is 42.5 Å².